The first-order chi connectivity index (χ1) is 12.1. The van der Waals surface area contributed by atoms with Crippen LogP contribution in [0, 0.1) is 0 Å². The van der Waals surface area contributed by atoms with Gasteiger partial charge in [0.15, 0.2) is 0 Å². The zero-order chi connectivity index (χ0) is 17.8. The maximum absolute atomic E-state index is 12.7. The number of amides is 1. The molecule has 1 amide bonds. The van der Waals surface area contributed by atoms with Gasteiger partial charge in [-0.25, -0.2) is 0 Å². The second kappa shape index (κ2) is 7.89. The van der Waals surface area contributed by atoms with E-state index in [1.807, 2.05) is 0 Å². The number of rotatable bonds is 4. The van der Waals surface area contributed by atoms with Crippen LogP contribution in [0.25, 0.3) is 0 Å². The van der Waals surface area contributed by atoms with Gasteiger partial charge in [-0.15, -0.1) is 0 Å². The monoisotopic (exact) mass is 381 g/mol. The highest BCUT2D eigenvalue weighted by Gasteiger charge is 2.27. The van der Waals surface area contributed by atoms with Crippen LogP contribution in [0.15, 0.2) is 30.6 Å². The molecule has 8 heteroatoms. The lowest BCUT2D eigenvalue weighted by atomic mass is 10.1. The van der Waals surface area contributed by atoms with E-state index in [0.717, 1.165) is 12.8 Å². The number of hydrogen-bond acceptors (Lipinski definition) is 5. The van der Waals surface area contributed by atoms with Gasteiger partial charge >= 0.3 is 0 Å². The maximum atomic E-state index is 12.7. The van der Waals surface area contributed by atoms with Crippen LogP contribution in [0.4, 0.5) is 0 Å². The van der Waals surface area contributed by atoms with Crippen LogP contribution >= 0.6 is 23.2 Å². The first-order valence-electron chi connectivity index (χ1n) is 7.84. The Hall–Kier alpha value is -2.05. The molecule has 3 rings (SSSR count). The summed E-state index contributed by atoms with van der Waals surface area (Å²) in [6.07, 6.45) is 4.53. The number of hydrogen-bond donors (Lipinski definition) is 0. The fraction of sp³-hybridized carbons (Fsp3) is 0.353. The zero-order valence-electron chi connectivity index (χ0n) is 13.6. The van der Waals surface area contributed by atoms with Crippen molar-refractivity contribution in [2.24, 2.45) is 0 Å². The predicted molar refractivity (Wildman–Crippen MR) is 94.6 cm³/mol. The lowest BCUT2D eigenvalue weighted by Crippen LogP contribution is -2.44. The fourth-order valence-corrected chi connectivity index (χ4v) is 3.20. The van der Waals surface area contributed by atoms with E-state index in [0.29, 0.717) is 40.5 Å². The molecule has 2 aromatic rings. The minimum Gasteiger partial charge on any atom is -0.480 e. The molecule has 0 aliphatic carbocycles. The van der Waals surface area contributed by atoms with Crippen LogP contribution in [-0.2, 0) is 0 Å². The molecule has 2 heterocycles. The van der Waals surface area contributed by atoms with E-state index in [9.17, 15) is 4.79 Å². The zero-order valence-corrected chi connectivity index (χ0v) is 15.1. The topological polar surface area (TPSA) is 64.6 Å². The molecule has 0 bridgehead atoms. The number of methoxy groups -OCH3 is 1. The first kappa shape index (κ1) is 17.8. The second-order valence-electron chi connectivity index (χ2n) is 5.66. The molecule has 0 saturated carbocycles. The van der Waals surface area contributed by atoms with E-state index in [2.05, 4.69) is 9.97 Å². The normalized spacial score (nSPS) is 17.2. The Morgan fingerprint density at radius 3 is 2.84 bits per heavy atom. The molecule has 0 spiro atoms. The lowest BCUT2D eigenvalue weighted by molar-refractivity contribution is 0.0525. The third-order valence-electron chi connectivity index (χ3n) is 3.91. The Kier molecular flexibility index (Phi) is 5.60. The number of halogens is 2. The molecule has 25 heavy (non-hydrogen) atoms. The van der Waals surface area contributed by atoms with Crippen LogP contribution < -0.4 is 9.47 Å². The van der Waals surface area contributed by atoms with Crippen LogP contribution in [0.5, 0.6) is 11.8 Å². The van der Waals surface area contributed by atoms with Crippen molar-refractivity contribution in [2.75, 3.05) is 20.2 Å². The molecule has 1 fully saturated rings. The number of nitrogens with zero attached hydrogens (tertiary/aromatic N) is 3. The van der Waals surface area contributed by atoms with Gasteiger partial charge in [-0.2, -0.15) is 4.98 Å². The van der Waals surface area contributed by atoms with Gasteiger partial charge in [-0.3, -0.25) is 9.78 Å². The van der Waals surface area contributed by atoms with Crippen LogP contribution in [0.3, 0.4) is 0 Å². The van der Waals surface area contributed by atoms with Crippen molar-refractivity contribution in [3.05, 3.63) is 46.2 Å². The third-order valence-corrected chi connectivity index (χ3v) is 4.46. The summed E-state index contributed by atoms with van der Waals surface area (Å²) in [4.78, 5) is 22.7. The Morgan fingerprint density at radius 2 is 2.08 bits per heavy atom. The second-order valence-corrected chi connectivity index (χ2v) is 6.50. The number of likely N-dealkylation sites (tertiary alicyclic amines) is 1. The Morgan fingerprint density at radius 1 is 1.28 bits per heavy atom. The standard InChI is InChI=1S/C17H17Cl2N3O3/c1-24-15-8-20-9-16(21-15)25-12-3-2-6-22(10-12)17(23)13-5-4-11(18)7-14(13)19/h4-5,7-9,12H,2-3,6,10H2,1H3. The molecule has 1 saturated heterocycles. The summed E-state index contributed by atoms with van der Waals surface area (Å²) < 4.78 is 10.9. The summed E-state index contributed by atoms with van der Waals surface area (Å²) in [5.41, 5.74) is 0.438. The molecule has 0 radical (unpaired) electrons. The number of carbonyl (C=O) groups is 1. The highest BCUT2D eigenvalue weighted by Crippen LogP contribution is 2.24. The number of carbonyl (C=O) groups excluding carboxylic acids is 1. The molecular formula is C17H17Cl2N3O3. The molecule has 1 unspecified atom stereocenters. The van der Waals surface area contributed by atoms with Gasteiger partial charge in [0.2, 0.25) is 11.8 Å². The van der Waals surface area contributed by atoms with E-state index in [4.69, 9.17) is 32.7 Å². The first-order valence-corrected chi connectivity index (χ1v) is 8.59. The molecule has 1 aliphatic rings. The summed E-state index contributed by atoms with van der Waals surface area (Å²) in [7, 11) is 1.52. The Bertz CT molecular complexity index is 773. The van der Waals surface area contributed by atoms with Gasteiger partial charge in [0.1, 0.15) is 6.10 Å². The molecule has 1 aromatic heterocycles. The maximum Gasteiger partial charge on any atom is 0.255 e. The van der Waals surface area contributed by atoms with Crippen molar-refractivity contribution in [1.82, 2.24) is 14.9 Å². The molecule has 1 atom stereocenters. The average molecular weight is 382 g/mol. The number of piperidine rings is 1. The average Bonchev–Trinajstić information content (AvgIpc) is 2.61. The van der Waals surface area contributed by atoms with E-state index in [1.54, 1.807) is 23.1 Å². The molecule has 1 aromatic carbocycles. The number of aromatic nitrogens is 2. The molecular weight excluding hydrogens is 365 g/mol. The van der Waals surface area contributed by atoms with Crippen LogP contribution in [-0.4, -0.2) is 47.1 Å². The summed E-state index contributed by atoms with van der Waals surface area (Å²) in [6, 6.07) is 4.87. The predicted octanol–water partition coefficient (Wildman–Crippen LogP) is 3.48. The van der Waals surface area contributed by atoms with Gasteiger partial charge < -0.3 is 14.4 Å². The van der Waals surface area contributed by atoms with E-state index in [1.165, 1.54) is 19.5 Å². The summed E-state index contributed by atoms with van der Waals surface area (Å²) in [5.74, 6) is 0.629. The van der Waals surface area contributed by atoms with Crippen molar-refractivity contribution in [1.29, 1.82) is 0 Å². The highest BCUT2D eigenvalue weighted by molar-refractivity contribution is 6.36. The number of benzene rings is 1. The summed E-state index contributed by atoms with van der Waals surface area (Å²) in [5, 5.41) is 0.845. The number of ether oxygens (including phenoxy) is 2. The van der Waals surface area contributed by atoms with Crippen LogP contribution in [0.1, 0.15) is 23.2 Å². The summed E-state index contributed by atoms with van der Waals surface area (Å²) >= 11 is 12.0. The SMILES string of the molecule is COc1cncc(OC2CCCN(C(=O)c3ccc(Cl)cc3Cl)C2)n1. The van der Waals surface area contributed by atoms with E-state index >= 15 is 0 Å². The van der Waals surface area contributed by atoms with E-state index in [-0.39, 0.29) is 12.0 Å². The van der Waals surface area contributed by atoms with Crippen molar-refractivity contribution < 1.29 is 14.3 Å². The minimum atomic E-state index is -0.162. The van der Waals surface area contributed by atoms with E-state index < -0.39 is 0 Å². The third kappa shape index (κ3) is 4.32. The quantitative estimate of drug-likeness (QED) is 0.810. The summed E-state index contributed by atoms with van der Waals surface area (Å²) in [6.45, 7) is 1.11. The minimum absolute atomic E-state index is 0.133. The van der Waals surface area contributed by atoms with Gasteiger partial charge in [0.25, 0.3) is 5.91 Å². The Balaban J connectivity index is 1.69. The highest BCUT2D eigenvalue weighted by atomic mass is 35.5. The van der Waals surface area contributed by atoms with Crippen molar-refractivity contribution >= 4 is 29.1 Å². The largest absolute Gasteiger partial charge is 0.480 e. The van der Waals surface area contributed by atoms with Gasteiger partial charge in [0.05, 0.1) is 36.6 Å². The molecule has 1 aliphatic heterocycles. The van der Waals surface area contributed by atoms with Crippen molar-refractivity contribution in [2.45, 2.75) is 18.9 Å². The van der Waals surface area contributed by atoms with Gasteiger partial charge in [0, 0.05) is 11.6 Å². The fourth-order valence-electron chi connectivity index (χ4n) is 2.71. The van der Waals surface area contributed by atoms with Gasteiger partial charge in [-0.05, 0) is 31.0 Å². The lowest BCUT2D eigenvalue weighted by Gasteiger charge is -2.32. The van der Waals surface area contributed by atoms with Crippen molar-refractivity contribution in [3.8, 4) is 11.8 Å². The van der Waals surface area contributed by atoms with Crippen molar-refractivity contribution in [3.63, 3.8) is 0 Å². The van der Waals surface area contributed by atoms with Crippen LogP contribution in [0.2, 0.25) is 10.0 Å². The smallest absolute Gasteiger partial charge is 0.255 e. The molecule has 132 valence electrons. The Labute approximate surface area is 155 Å². The molecule has 0 N–H and O–H groups in total. The molecule has 6 nitrogen and oxygen atoms in total. The van der Waals surface area contributed by atoms with Gasteiger partial charge in [-0.1, -0.05) is 23.2 Å².